The highest BCUT2D eigenvalue weighted by Crippen LogP contribution is 2.13. The van der Waals surface area contributed by atoms with E-state index in [1.165, 1.54) is 13.8 Å². The van der Waals surface area contributed by atoms with Crippen LogP contribution in [0, 0.1) is 0 Å². The Morgan fingerprint density at radius 3 is 1.17 bits per heavy atom. The highest BCUT2D eigenvalue weighted by molar-refractivity contribution is 6.60. The van der Waals surface area contributed by atoms with E-state index in [-0.39, 0.29) is 16.6 Å². The number of aliphatic carboxylic acids is 2. The number of hydrogen-bond acceptors (Lipinski definition) is 5. The number of carboxylic acids is 2. The van der Waals surface area contributed by atoms with Gasteiger partial charge in [-0.15, -0.1) is 0 Å². The van der Waals surface area contributed by atoms with Crippen molar-refractivity contribution in [2.45, 2.75) is 33.2 Å². The fourth-order valence-corrected chi connectivity index (χ4v) is 2.59. The Morgan fingerprint density at radius 2 is 1.13 bits per heavy atom. The first-order valence-electron chi connectivity index (χ1n) is 6.46. The molecule has 0 saturated heterocycles. The number of rotatable bonds is 7. The van der Waals surface area contributed by atoms with Gasteiger partial charge < -0.3 is 29.0 Å². The maximum atomic E-state index is 9.60. The van der Waals surface area contributed by atoms with Gasteiger partial charge in [-0.05, 0) is 13.8 Å². The summed E-state index contributed by atoms with van der Waals surface area (Å²) in [6, 6.07) is 0.885. The first-order valence-corrected chi connectivity index (χ1v) is 8.39. The van der Waals surface area contributed by atoms with Gasteiger partial charge in [0.15, 0.2) is 0 Å². The largest absolute Gasteiger partial charge is 0.500 e. The first kappa shape index (κ1) is 29.5. The summed E-state index contributed by atoms with van der Waals surface area (Å²) in [7, 11) is 2.68. The normalized spacial score (nSPS) is 9.13. The molecule has 9 heteroatoms. The van der Waals surface area contributed by atoms with Gasteiger partial charge in [0.05, 0.1) is 0 Å². The van der Waals surface area contributed by atoms with E-state index in [2.05, 4.69) is 20.1 Å². The SMILES string of the molecule is C=C(C)C(=O)O.C=C(C)C(=O)O.CCC[Si](OC)(OC)OC.O. The summed E-state index contributed by atoms with van der Waals surface area (Å²) in [5.41, 5.74) is 0.352. The molecule has 0 atom stereocenters. The van der Waals surface area contributed by atoms with E-state index >= 15 is 0 Å². The standard InChI is InChI=1S/C6H16O3Si.2C4H6O2.H2O/c1-5-6-10(7-2,8-3)9-4;2*1-3(2)4(5)6;/h5-6H2,1-4H3;2*1H2,2H3,(H,5,6);1H2. The third-order valence-electron chi connectivity index (χ3n) is 2.22. The molecule has 23 heavy (non-hydrogen) atoms. The van der Waals surface area contributed by atoms with Crippen LogP contribution in [0.5, 0.6) is 0 Å². The van der Waals surface area contributed by atoms with E-state index in [0.29, 0.717) is 0 Å². The predicted molar refractivity (Wildman–Crippen MR) is 90.4 cm³/mol. The van der Waals surface area contributed by atoms with Crippen LogP contribution in [0.1, 0.15) is 27.2 Å². The lowest BCUT2D eigenvalue weighted by molar-refractivity contribution is -0.133. The van der Waals surface area contributed by atoms with Crippen molar-refractivity contribution in [3.63, 3.8) is 0 Å². The van der Waals surface area contributed by atoms with E-state index < -0.39 is 20.7 Å². The lowest BCUT2D eigenvalue weighted by Gasteiger charge is -2.23. The van der Waals surface area contributed by atoms with E-state index in [1.807, 2.05) is 0 Å². The summed E-state index contributed by atoms with van der Waals surface area (Å²) >= 11 is 0. The average Bonchev–Trinajstić information content (AvgIpc) is 2.46. The third-order valence-corrected chi connectivity index (χ3v) is 5.20. The molecule has 8 nitrogen and oxygen atoms in total. The summed E-state index contributed by atoms with van der Waals surface area (Å²) in [5.74, 6) is -1.87. The van der Waals surface area contributed by atoms with Crippen LogP contribution >= 0.6 is 0 Å². The Balaban J connectivity index is -0.000000122. The van der Waals surface area contributed by atoms with E-state index in [1.54, 1.807) is 21.3 Å². The van der Waals surface area contributed by atoms with Gasteiger partial charge in [-0.25, -0.2) is 9.59 Å². The number of carboxylic acid groups (broad SMARTS) is 2. The minimum Gasteiger partial charge on any atom is -0.478 e. The molecule has 138 valence electrons. The zero-order chi connectivity index (χ0) is 18.3. The molecule has 0 rings (SSSR count). The molecule has 0 aromatic rings. The highest BCUT2D eigenvalue weighted by atomic mass is 28.4. The molecule has 0 fully saturated rings. The second kappa shape index (κ2) is 16.8. The van der Waals surface area contributed by atoms with Crippen LogP contribution < -0.4 is 0 Å². The Hall–Kier alpha value is -1.52. The summed E-state index contributed by atoms with van der Waals surface area (Å²) in [4.78, 5) is 19.2. The van der Waals surface area contributed by atoms with Crippen LogP contribution in [0.25, 0.3) is 0 Å². The van der Waals surface area contributed by atoms with Gasteiger partial charge in [-0.2, -0.15) is 0 Å². The van der Waals surface area contributed by atoms with Crippen molar-refractivity contribution in [1.29, 1.82) is 0 Å². The van der Waals surface area contributed by atoms with Crippen LogP contribution in [0.3, 0.4) is 0 Å². The lowest BCUT2D eigenvalue weighted by atomic mass is 10.4. The summed E-state index contributed by atoms with van der Waals surface area (Å²) < 4.78 is 15.5. The van der Waals surface area contributed by atoms with Gasteiger partial charge >= 0.3 is 20.7 Å². The van der Waals surface area contributed by atoms with Crippen molar-refractivity contribution in [2.75, 3.05) is 21.3 Å². The Morgan fingerprint density at radius 1 is 0.913 bits per heavy atom. The molecule has 0 amide bonds. The maximum absolute atomic E-state index is 9.60. The fourth-order valence-electron chi connectivity index (χ4n) is 0.862. The maximum Gasteiger partial charge on any atom is 0.500 e. The van der Waals surface area contributed by atoms with E-state index in [9.17, 15) is 9.59 Å². The van der Waals surface area contributed by atoms with Crippen molar-refractivity contribution in [1.82, 2.24) is 0 Å². The zero-order valence-corrected chi connectivity index (χ0v) is 15.8. The molecule has 0 aromatic carbocycles. The molecule has 0 aliphatic carbocycles. The molecule has 0 spiro atoms. The minimum absolute atomic E-state index is 0. The van der Waals surface area contributed by atoms with Crippen LogP contribution in [0.2, 0.25) is 6.04 Å². The summed E-state index contributed by atoms with van der Waals surface area (Å²) in [5, 5.41) is 15.8. The molecular weight excluding hydrogens is 324 g/mol. The van der Waals surface area contributed by atoms with Gasteiger partial charge in [0.25, 0.3) is 0 Å². The van der Waals surface area contributed by atoms with E-state index in [4.69, 9.17) is 23.5 Å². The van der Waals surface area contributed by atoms with Gasteiger partial charge in [-0.1, -0.05) is 26.5 Å². The molecule has 0 aliphatic heterocycles. The lowest BCUT2D eigenvalue weighted by Crippen LogP contribution is -2.42. The van der Waals surface area contributed by atoms with Gasteiger partial charge in [-0.3, -0.25) is 0 Å². The van der Waals surface area contributed by atoms with Gasteiger partial charge in [0.1, 0.15) is 0 Å². The predicted octanol–water partition coefficient (Wildman–Crippen LogP) is 1.74. The smallest absolute Gasteiger partial charge is 0.478 e. The fraction of sp³-hybridized carbons (Fsp3) is 0.571. The molecule has 0 unspecified atom stereocenters. The topological polar surface area (TPSA) is 134 Å². The molecule has 0 aliphatic rings. The second-order valence-corrected chi connectivity index (χ2v) is 7.31. The van der Waals surface area contributed by atoms with Crippen LogP contribution in [-0.2, 0) is 22.9 Å². The molecule has 0 saturated carbocycles. The van der Waals surface area contributed by atoms with Crippen molar-refractivity contribution in [2.24, 2.45) is 0 Å². The monoisotopic (exact) mass is 354 g/mol. The first-order chi connectivity index (χ1) is 10.0. The molecule has 0 heterocycles. The second-order valence-electron chi connectivity index (χ2n) is 4.22. The summed E-state index contributed by atoms with van der Waals surface area (Å²) in [6.07, 6.45) is 1.03. The van der Waals surface area contributed by atoms with Crippen molar-refractivity contribution in [3.05, 3.63) is 24.3 Å². The average molecular weight is 354 g/mol. The molecule has 0 radical (unpaired) electrons. The number of hydrogen-bond donors (Lipinski definition) is 2. The van der Waals surface area contributed by atoms with Crippen molar-refractivity contribution in [3.8, 4) is 0 Å². The van der Waals surface area contributed by atoms with Crippen LogP contribution in [0.4, 0.5) is 0 Å². The highest BCUT2D eigenvalue weighted by Gasteiger charge is 2.36. The van der Waals surface area contributed by atoms with Crippen LogP contribution in [0.15, 0.2) is 24.3 Å². The van der Waals surface area contributed by atoms with Gasteiger partial charge in [0, 0.05) is 38.5 Å². The number of carbonyl (C=O) groups is 2. The Bertz CT molecular complexity index is 308. The quantitative estimate of drug-likeness (QED) is 0.525. The van der Waals surface area contributed by atoms with Gasteiger partial charge in [0.2, 0.25) is 0 Å². The van der Waals surface area contributed by atoms with Crippen LogP contribution in [-0.4, -0.2) is 57.8 Å². The molecule has 0 aromatic heterocycles. The molecular formula is C14H30O8Si. The zero-order valence-electron chi connectivity index (χ0n) is 14.8. The molecule has 0 bridgehead atoms. The Kier molecular flexibility index (Phi) is 21.6. The third kappa shape index (κ3) is 18.4. The summed E-state index contributed by atoms with van der Waals surface area (Å²) in [6.45, 7) is 11.3. The Labute approximate surface area is 139 Å². The molecule has 4 N–H and O–H groups in total. The van der Waals surface area contributed by atoms with Crippen molar-refractivity contribution < 1.29 is 38.6 Å². The minimum atomic E-state index is -2.22. The van der Waals surface area contributed by atoms with E-state index in [0.717, 1.165) is 12.5 Å². The van der Waals surface area contributed by atoms with Crippen molar-refractivity contribution >= 4 is 20.7 Å².